The number of para-hydroxylation sites is 1. The number of benzene rings is 3. The molecule has 1 aliphatic heterocycles. The van der Waals surface area contributed by atoms with Crippen LogP contribution in [0.2, 0.25) is 0 Å². The van der Waals surface area contributed by atoms with Gasteiger partial charge in [0.25, 0.3) is 5.91 Å². The maximum absolute atomic E-state index is 13.3. The number of rotatable bonds is 4. The largest absolute Gasteiger partial charge is 0.378 e. The SMILES string of the molecule is CC(C)c1ccccc1NC(=O)c1ccc2c(c1)[C@@H]1[C@H]3CC[C@@H](C3)[C@@H]1[C@@H](c1ccccc1)N2. The van der Waals surface area contributed by atoms with E-state index in [1.54, 1.807) is 0 Å². The van der Waals surface area contributed by atoms with E-state index < -0.39 is 0 Å². The molecule has 2 saturated carbocycles. The minimum atomic E-state index is -0.0178. The Balaban J connectivity index is 1.34. The van der Waals surface area contributed by atoms with E-state index in [-0.39, 0.29) is 5.91 Å². The third-order valence-corrected chi connectivity index (χ3v) is 8.34. The second-order valence-electron chi connectivity index (χ2n) is 10.5. The normalized spacial score (nSPS) is 27.1. The van der Waals surface area contributed by atoms with Crippen LogP contribution in [0.3, 0.4) is 0 Å². The van der Waals surface area contributed by atoms with Crippen LogP contribution in [-0.4, -0.2) is 5.91 Å². The van der Waals surface area contributed by atoms with E-state index in [0.717, 1.165) is 23.1 Å². The molecule has 1 heterocycles. The highest BCUT2D eigenvalue weighted by atomic mass is 16.1. The van der Waals surface area contributed by atoms with Gasteiger partial charge >= 0.3 is 0 Å². The first-order chi connectivity index (χ1) is 16.1. The van der Waals surface area contributed by atoms with Gasteiger partial charge in [0.1, 0.15) is 0 Å². The molecule has 2 fully saturated rings. The Hall–Kier alpha value is -3.07. The van der Waals surface area contributed by atoms with E-state index in [9.17, 15) is 4.79 Å². The summed E-state index contributed by atoms with van der Waals surface area (Å²) < 4.78 is 0. The summed E-state index contributed by atoms with van der Waals surface area (Å²) in [5, 5.41) is 7.06. The monoisotopic (exact) mass is 436 g/mol. The molecule has 5 atom stereocenters. The number of carbonyl (C=O) groups excluding carboxylic acids is 1. The molecule has 3 aromatic rings. The highest BCUT2D eigenvalue weighted by Crippen LogP contribution is 2.63. The molecule has 0 aromatic heterocycles. The van der Waals surface area contributed by atoms with Gasteiger partial charge in [0.15, 0.2) is 0 Å². The highest BCUT2D eigenvalue weighted by Gasteiger charge is 2.53. The molecule has 3 nitrogen and oxygen atoms in total. The zero-order chi connectivity index (χ0) is 22.5. The third-order valence-electron chi connectivity index (χ3n) is 8.34. The van der Waals surface area contributed by atoms with Crippen molar-refractivity contribution in [1.82, 2.24) is 0 Å². The lowest BCUT2D eigenvalue weighted by Gasteiger charge is -2.43. The van der Waals surface area contributed by atoms with Crippen molar-refractivity contribution in [2.24, 2.45) is 17.8 Å². The van der Waals surface area contributed by atoms with Gasteiger partial charge < -0.3 is 10.6 Å². The standard InChI is InChI=1S/C30H32N2O/c1-18(2)23-10-6-7-11-25(23)32-30(33)22-14-15-26-24(17-22)27-20-12-13-21(16-20)28(27)29(31-26)19-8-4-3-5-9-19/h3-11,14-15,17-18,20-21,27-29,31H,12-13,16H2,1-2H3,(H,32,33)/t20-,21-,27-,28-,29+/m0/s1. The average Bonchev–Trinajstić information content (AvgIpc) is 3.47. The minimum Gasteiger partial charge on any atom is -0.378 e. The molecule has 3 aromatic carbocycles. The van der Waals surface area contributed by atoms with Crippen molar-refractivity contribution in [1.29, 1.82) is 0 Å². The van der Waals surface area contributed by atoms with Gasteiger partial charge in [-0.1, -0.05) is 62.4 Å². The van der Waals surface area contributed by atoms with Crippen molar-refractivity contribution in [2.45, 2.75) is 51.0 Å². The van der Waals surface area contributed by atoms with Crippen molar-refractivity contribution < 1.29 is 4.79 Å². The lowest BCUT2D eigenvalue weighted by Crippen LogP contribution is -2.35. The molecule has 0 spiro atoms. The van der Waals surface area contributed by atoms with Crippen LogP contribution in [0.15, 0.2) is 72.8 Å². The summed E-state index contributed by atoms with van der Waals surface area (Å²) in [6.45, 7) is 4.32. The second-order valence-corrected chi connectivity index (χ2v) is 10.5. The fourth-order valence-electron chi connectivity index (χ4n) is 6.93. The van der Waals surface area contributed by atoms with Crippen LogP contribution in [0.25, 0.3) is 0 Å². The Bertz CT molecular complexity index is 1180. The molecule has 3 aliphatic rings. The molecular weight excluding hydrogens is 404 g/mol. The second kappa shape index (κ2) is 8.06. The van der Waals surface area contributed by atoms with Gasteiger partial charge in [-0.25, -0.2) is 0 Å². The van der Waals surface area contributed by atoms with Gasteiger partial charge in [-0.3, -0.25) is 4.79 Å². The fraction of sp³-hybridized carbons (Fsp3) is 0.367. The van der Waals surface area contributed by atoms with Crippen LogP contribution >= 0.6 is 0 Å². The Morgan fingerprint density at radius 3 is 2.52 bits per heavy atom. The predicted octanol–water partition coefficient (Wildman–Crippen LogP) is 7.36. The summed E-state index contributed by atoms with van der Waals surface area (Å²) >= 11 is 0. The van der Waals surface area contributed by atoms with E-state index in [0.29, 0.717) is 23.8 Å². The first kappa shape index (κ1) is 20.5. The number of anilines is 2. The molecule has 33 heavy (non-hydrogen) atoms. The molecule has 1 amide bonds. The maximum Gasteiger partial charge on any atom is 0.255 e. The summed E-state index contributed by atoms with van der Waals surface area (Å²) in [5.74, 6) is 3.02. The summed E-state index contributed by atoms with van der Waals surface area (Å²) in [5.41, 5.74) is 6.78. The molecule has 2 N–H and O–H groups in total. The maximum atomic E-state index is 13.3. The molecule has 2 aliphatic carbocycles. The molecule has 0 radical (unpaired) electrons. The molecule has 168 valence electrons. The van der Waals surface area contributed by atoms with Crippen LogP contribution in [0.5, 0.6) is 0 Å². The summed E-state index contributed by atoms with van der Waals surface area (Å²) in [6, 6.07) is 25.7. The van der Waals surface area contributed by atoms with Crippen molar-refractivity contribution in [3.63, 3.8) is 0 Å². The third kappa shape index (κ3) is 3.45. The molecule has 6 rings (SSSR count). The van der Waals surface area contributed by atoms with E-state index in [1.165, 1.54) is 41.6 Å². The van der Waals surface area contributed by atoms with Crippen molar-refractivity contribution in [3.8, 4) is 0 Å². The van der Waals surface area contributed by atoms with Gasteiger partial charge in [-0.2, -0.15) is 0 Å². The Kier molecular flexibility index (Phi) is 5.01. The summed E-state index contributed by atoms with van der Waals surface area (Å²) in [7, 11) is 0. The Morgan fingerprint density at radius 1 is 0.939 bits per heavy atom. The molecular formula is C30H32N2O. The van der Waals surface area contributed by atoms with Gasteiger partial charge in [0, 0.05) is 16.9 Å². The lowest BCUT2D eigenvalue weighted by molar-refractivity contribution is 0.102. The van der Waals surface area contributed by atoms with Crippen LogP contribution in [-0.2, 0) is 0 Å². The molecule has 3 heteroatoms. The van der Waals surface area contributed by atoms with Crippen LogP contribution < -0.4 is 10.6 Å². The smallest absolute Gasteiger partial charge is 0.255 e. The number of hydrogen-bond donors (Lipinski definition) is 2. The number of hydrogen-bond acceptors (Lipinski definition) is 2. The first-order valence-corrected chi connectivity index (χ1v) is 12.5. The summed E-state index contributed by atoms with van der Waals surface area (Å²) in [4.78, 5) is 13.3. The van der Waals surface area contributed by atoms with E-state index in [2.05, 4.69) is 73.0 Å². The summed E-state index contributed by atoms with van der Waals surface area (Å²) in [6.07, 6.45) is 4.00. The van der Waals surface area contributed by atoms with Gasteiger partial charge in [0.2, 0.25) is 0 Å². The highest BCUT2D eigenvalue weighted by molar-refractivity contribution is 6.05. The first-order valence-electron chi connectivity index (χ1n) is 12.5. The zero-order valence-electron chi connectivity index (χ0n) is 19.4. The van der Waals surface area contributed by atoms with Crippen molar-refractivity contribution in [3.05, 3.63) is 95.1 Å². The van der Waals surface area contributed by atoms with Crippen LogP contribution in [0, 0.1) is 17.8 Å². The minimum absolute atomic E-state index is 0.0178. The van der Waals surface area contributed by atoms with Gasteiger partial charge in [-0.05, 0) is 89.8 Å². The molecule has 0 saturated heterocycles. The molecule has 0 unspecified atom stereocenters. The van der Waals surface area contributed by atoms with Crippen LogP contribution in [0.1, 0.15) is 78.0 Å². The zero-order valence-corrected chi connectivity index (χ0v) is 19.4. The number of nitrogens with one attached hydrogen (secondary N) is 2. The Labute approximate surface area is 196 Å². The van der Waals surface area contributed by atoms with E-state index >= 15 is 0 Å². The van der Waals surface area contributed by atoms with Crippen molar-refractivity contribution in [2.75, 3.05) is 10.6 Å². The van der Waals surface area contributed by atoms with Gasteiger partial charge in [0.05, 0.1) is 6.04 Å². The molecule has 2 bridgehead atoms. The average molecular weight is 437 g/mol. The number of carbonyl (C=O) groups is 1. The van der Waals surface area contributed by atoms with E-state index in [1.807, 2.05) is 24.3 Å². The Morgan fingerprint density at radius 2 is 1.70 bits per heavy atom. The number of amides is 1. The fourth-order valence-corrected chi connectivity index (χ4v) is 6.93. The topological polar surface area (TPSA) is 41.1 Å². The van der Waals surface area contributed by atoms with Crippen LogP contribution in [0.4, 0.5) is 11.4 Å². The predicted molar refractivity (Wildman–Crippen MR) is 135 cm³/mol. The number of fused-ring (bicyclic) bond motifs is 7. The van der Waals surface area contributed by atoms with Crippen molar-refractivity contribution >= 4 is 17.3 Å². The van der Waals surface area contributed by atoms with E-state index in [4.69, 9.17) is 0 Å². The lowest BCUT2D eigenvalue weighted by atomic mass is 9.68. The quantitative estimate of drug-likeness (QED) is 0.449. The van der Waals surface area contributed by atoms with Gasteiger partial charge in [-0.15, -0.1) is 0 Å².